The van der Waals surface area contributed by atoms with Crippen LogP contribution in [0.2, 0.25) is 0 Å². The number of hydrogen-bond acceptors (Lipinski definition) is 3. The van der Waals surface area contributed by atoms with Gasteiger partial charge in [-0.2, -0.15) is 0 Å². The highest BCUT2D eigenvalue weighted by molar-refractivity contribution is 14.0. The van der Waals surface area contributed by atoms with Crippen LogP contribution in [0.25, 0.3) is 0 Å². The molecular weight excluding hydrogens is 463 g/mol. The van der Waals surface area contributed by atoms with E-state index in [4.69, 9.17) is 4.74 Å². The summed E-state index contributed by atoms with van der Waals surface area (Å²) in [5.41, 5.74) is 1.78. The molecule has 28 heavy (non-hydrogen) atoms. The third-order valence-electron chi connectivity index (χ3n) is 6.33. The Hall–Kier alpha value is -0.860. The van der Waals surface area contributed by atoms with Crippen LogP contribution in [-0.4, -0.2) is 57.8 Å². The summed E-state index contributed by atoms with van der Waals surface area (Å²) in [4.78, 5) is 7.07. The molecule has 1 aromatic carbocycles. The van der Waals surface area contributed by atoms with E-state index in [-0.39, 0.29) is 24.0 Å². The minimum absolute atomic E-state index is 0. The average Bonchev–Trinajstić information content (AvgIpc) is 3.20. The zero-order valence-electron chi connectivity index (χ0n) is 17.5. The predicted octanol–water partition coefficient (Wildman–Crippen LogP) is 3.81. The van der Waals surface area contributed by atoms with Crippen LogP contribution in [0.1, 0.15) is 50.1 Å². The number of likely N-dealkylation sites (tertiary alicyclic amines) is 1. The molecule has 1 saturated carbocycles. The molecule has 1 heterocycles. The number of hydrogen-bond donors (Lipinski definition) is 2. The summed E-state index contributed by atoms with van der Waals surface area (Å²) in [6.07, 6.45) is 7.66. The van der Waals surface area contributed by atoms with Crippen molar-refractivity contribution in [3.63, 3.8) is 0 Å². The number of nitrogens with zero attached hydrogens (tertiary/aromatic N) is 2. The van der Waals surface area contributed by atoms with Gasteiger partial charge < -0.3 is 15.4 Å². The summed E-state index contributed by atoms with van der Waals surface area (Å²) in [6.45, 7) is 5.09. The summed E-state index contributed by atoms with van der Waals surface area (Å²) in [5, 5.41) is 7.17. The Morgan fingerprint density at radius 2 is 1.86 bits per heavy atom. The highest BCUT2D eigenvalue weighted by Crippen LogP contribution is 2.43. The molecule has 5 nitrogen and oxygen atoms in total. The summed E-state index contributed by atoms with van der Waals surface area (Å²) in [7, 11) is 3.66. The van der Waals surface area contributed by atoms with Gasteiger partial charge in [0.1, 0.15) is 0 Å². The van der Waals surface area contributed by atoms with Crippen LogP contribution in [0.15, 0.2) is 35.3 Å². The molecule has 1 aromatic rings. The van der Waals surface area contributed by atoms with Crippen molar-refractivity contribution < 1.29 is 4.74 Å². The predicted molar refractivity (Wildman–Crippen MR) is 128 cm³/mol. The maximum atomic E-state index is 5.31. The van der Waals surface area contributed by atoms with E-state index in [0.29, 0.717) is 11.5 Å². The minimum Gasteiger partial charge on any atom is -0.385 e. The normalized spacial score (nSPS) is 20.1. The van der Waals surface area contributed by atoms with Crippen LogP contribution in [-0.2, 0) is 4.74 Å². The maximum absolute atomic E-state index is 5.31. The van der Waals surface area contributed by atoms with E-state index >= 15 is 0 Å². The summed E-state index contributed by atoms with van der Waals surface area (Å²) < 4.78 is 5.31. The van der Waals surface area contributed by atoms with Crippen LogP contribution in [0.5, 0.6) is 0 Å². The van der Waals surface area contributed by atoms with Gasteiger partial charge in [-0.1, -0.05) is 36.8 Å². The minimum atomic E-state index is 0. The lowest BCUT2D eigenvalue weighted by Gasteiger charge is -2.42. The molecule has 3 rings (SSSR count). The fourth-order valence-electron chi connectivity index (χ4n) is 4.38. The Kier molecular flexibility index (Phi) is 10.0. The van der Waals surface area contributed by atoms with Gasteiger partial charge in [0.05, 0.1) is 6.04 Å². The largest absolute Gasteiger partial charge is 0.385 e. The number of rotatable bonds is 9. The lowest BCUT2D eigenvalue weighted by atomic mass is 9.67. The van der Waals surface area contributed by atoms with Crippen LogP contribution in [0.3, 0.4) is 0 Å². The Labute approximate surface area is 187 Å². The third-order valence-corrected chi connectivity index (χ3v) is 6.33. The quantitative estimate of drug-likeness (QED) is 0.308. The molecule has 0 spiro atoms. The monoisotopic (exact) mass is 500 g/mol. The zero-order chi connectivity index (χ0) is 19.0. The average molecular weight is 500 g/mol. The van der Waals surface area contributed by atoms with E-state index < -0.39 is 0 Å². The van der Waals surface area contributed by atoms with Gasteiger partial charge in [-0.05, 0) is 56.2 Å². The standard InChI is InChI=1S/C22H36N4O.HI/c1-23-21(25-18-22(11-8-12-22)13-16-27-2)24-17-20(26-14-6-7-15-26)19-9-4-3-5-10-19;/h3-5,9-10,20H,6-8,11-18H2,1-2H3,(H2,23,24,25);1H. The van der Waals surface area contributed by atoms with E-state index in [1.54, 1.807) is 7.11 Å². The van der Waals surface area contributed by atoms with Crippen molar-refractivity contribution >= 4 is 29.9 Å². The van der Waals surface area contributed by atoms with Crippen LogP contribution < -0.4 is 10.6 Å². The summed E-state index contributed by atoms with van der Waals surface area (Å²) >= 11 is 0. The second kappa shape index (κ2) is 12.0. The van der Waals surface area contributed by atoms with Crippen molar-refractivity contribution in [2.75, 3.05) is 46.9 Å². The lowest BCUT2D eigenvalue weighted by Crippen LogP contribution is -2.48. The van der Waals surface area contributed by atoms with Gasteiger partial charge in [0, 0.05) is 33.9 Å². The molecule has 6 heteroatoms. The molecule has 0 bridgehead atoms. The van der Waals surface area contributed by atoms with Crippen molar-refractivity contribution in [2.45, 2.75) is 44.6 Å². The molecule has 2 aliphatic rings. The Morgan fingerprint density at radius 3 is 2.43 bits per heavy atom. The van der Waals surface area contributed by atoms with Crippen molar-refractivity contribution in [2.24, 2.45) is 10.4 Å². The Bertz CT molecular complexity index is 585. The first kappa shape index (κ1) is 23.4. The first-order chi connectivity index (χ1) is 13.3. The van der Waals surface area contributed by atoms with E-state index in [0.717, 1.165) is 32.1 Å². The SMILES string of the molecule is CN=C(NCC(c1ccccc1)N1CCCC1)NCC1(CCOC)CCC1.I. The van der Waals surface area contributed by atoms with Gasteiger partial charge in [0.15, 0.2) is 5.96 Å². The number of aliphatic imine (C=N–C) groups is 1. The number of guanidine groups is 1. The highest BCUT2D eigenvalue weighted by Gasteiger charge is 2.36. The first-order valence-electron chi connectivity index (χ1n) is 10.5. The smallest absolute Gasteiger partial charge is 0.191 e. The Morgan fingerprint density at radius 1 is 1.14 bits per heavy atom. The molecule has 0 amide bonds. The van der Waals surface area contributed by atoms with Crippen molar-refractivity contribution in [1.29, 1.82) is 0 Å². The zero-order valence-corrected chi connectivity index (χ0v) is 19.8. The third kappa shape index (κ3) is 6.32. The molecule has 1 aliphatic heterocycles. The highest BCUT2D eigenvalue weighted by atomic mass is 127. The molecule has 2 fully saturated rings. The van der Waals surface area contributed by atoms with Gasteiger partial charge in [-0.15, -0.1) is 24.0 Å². The van der Waals surface area contributed by atoms with Gasteiger partial charge in [-0.25, -0.2) is 0 Å². The van der Waals surface area contributed by atoms with E-state index in [2.05, 4.69) is 50.9 Å². The molecule has 1 saturated heterocycles. The molecule has 1 unspecified atom stereocenters. The second-order valence-corrected chi connectivity index (χ2v) is 8.07. The fourth-order valence-corrected chi connectivity index (χ4v) is 4.38. The maximum Gasteiger partial charge on any atom is 0.191 e. The van der Waals surface area contributed by atoms with Crippen LogP contribution in [0.4, 0.5) is 0 Å². The number of halogens is 1. The molecular formula is C22H37IN4O. The van der Waals surface area contributed by atoms with Gasteiger partial charge in [0.2, 0.25) is 0 Å². The number of benzene rings is 1. The fraction of sp³-hybridized carbons (Fsp3) is 0.682. The molecule has 158 valence electrons. The molecule has 1 atom stereocenters. The van der Waals surface area contributed by atoms with Crippen LogP contribution in [0, 0.1) is 5.41 Å². The second-order valence-electron chi connectivity index (χ2n) is 8.07. The first-order valence-corrected chi connectivity index (χ1v) is 10.5. The summed E-state index contributed by atoms with van der Waals surface area (Å²) in [5.74, 6) is 0.916. The topological polar surface area (TPSA) is 48.9 Å². The molecule has 0 radical (unpaired) electrons. The Balaban J connectivity index is 0.00000280. The number of ether oxygens (including phenoxy) is 1. The van der Waals surface area contributed by atoms with Crippen LogP contribution >= 0.6 is 24.0 Å². The van der Waals surface area contributed by atoms with Crippen molar-refractivity contribution in [1.82, 2.24) is 15.5 Å². The van der Waals surface area contributed by atoms with Crippen molar-refractivity contribution in [3.05, 3.63) is 35.9 Å². The molecule has 0 aromatic heterocycles. The molecule has 1 aliphatic carbocycles. The number of methoxy groups -OCH3 is 1. The van der Waals surface area contributed by atoms with Gasteiger partial charge in [-0.3, -0.25) is 9.89 Å². The van der Waals surface area contributed by atoms with Gasteiger partial charge in [0.25, 0.3) is 0 Å². The number of nitrogens with one attached hydrogen (secondary N) is 2. The lowest BCUT2D eigenvalue weighted by molar-refractivity contribution is 0.0732. The van der Waals surface area contributed by atoms with Crippen molar-refractivity contribution in [3.8, 4) is 0 Å². The van der Waals surface area contributed by atoms with E-state index in [1.165, 1.54) is 50.8 Å². The summed E-state index contributed by atoms with van der Waals surface area (Å²) in [6, 6.07) is 11.3. The van der Waals surface area contributed by atoms with E-state index in [1.807, 2.05) is 7.05 Å². The van der Waals surface area contributed by atoms with Gasteiger partial charge >= 0.3 is 0 Å². The molecule has 2 N–H and O–H groups in total. The van der Waals surface area contributed by atoms with E-state index in [9.17, 15) is 0 Å².